The van der Waals surface area contributed by atoms with E-state index >= 15 is 0 Å². The molecular weight excluding hydrogens is 245 g/mol. The summed E-state index contributed by atoms with van der Waals surface area (Å²) in [5.41, 5.74) is 0. The minimum Gasteiger partial charge on any atom is -0.316 e. The summed E-state index contributed by atoms with van der Waals surface area (Å²) in [6.07, 6.45) is 6.41. The molecule has 1 N–H and O–H groups in total. The number of halogens is 1. The normalized spacial score (nSPS) is 12.6. The summed E-state index contributed by atoms with van der Waals surface area (Å²) in [5.74, 6) is 0.857. The van der Waals surface area contributed by atoms with Crippen LogP contribution in [0.2, 0.25) is 0 Å². The van der Waals surface area contributed by atoms with E-state index in [1.54, 1.807) is 23.9 Å². The van der Waals surface area contributed by atoms with E-state index in [2.05, 4.69) is 12.2 Å². The number of hydrogen-bond donors (Lipinski definition) is 1. The van der Waals surface area contributed by atoms with E-state index in [0.29, 0.717) is 6.04 Å². The molecule has 0 heterocycles. The second-order valence-electron chi connectivity index (χ2n) is 4.60. The van der Waals surface area contributed by atoms with Crippen molar-refractivity contribution in [3.05, 3.63) is 30.1 Å². The van der Waals surface area contributed by atoms with E-state index in [0.717, 1.165) is 10.6 Å². The first-order valence-corrected chi connectivity index (χ1v) is 7.80. The quantitative estimate of drug-likeness (QED) is 0.524. The van der Waals surface area contributed by atoms with Crippen LogP contribution in [0.1, 0.15) is 39.0 Å². The van der Waals surface area contributed by atoms with Crippen LogP contribution in [-0.4, -0.2) is 18.8 Å². The zero-order valence-corrected chi connectivity index (χ0v) is 12.2. The van der Waals surface area contributed by atoms with Crippen LogP contribution in [0.3, 0.4) is 0 Å². The molecule has 1 atom stereocenters. The van der Waals surface area contributed by atoms with Crippen LogP contribution in [0, 0.1) is 5.82 Å². The van der Waals surface area contributed by atoms with Crippen LogP contribution >= 0.6 is 11.8 Å². The molecule has 18 heavy (non-hydrogen) atoms. The molecule has 102 valence electrons. The largest absolute Gasteiger partial charge is 0.316 e. The van der Waals surface area contributed by atoms with Gasteiger partial charge in [0.1, 0.15) is 5.82 Å². The number of unbranched alkanes of at least 4 members (excludes halogenated alkanes) is 3. The van der Waals surface area contributed by atoms with E-state index < -0.39 is 0 Å². The third-order valence-electron chi connectivity index (χ3n) is 3.06. The van der Waals surface area contributed by atoms with Gasteiger partial charge in [-0.25, -0.2) is 4.39 Å². The summed E-state index contributed by atoms with van der Waals surface area (Å²) in [4.78, 5) is 1.02. The molecule has 0 fully saturated rings. The minimum atomic E-state index is -0.149. The van der Waals surface area contributed by atoms with Gasteiger partial charge in [0.15, 0.2) is 0 Å². The Hall–Kier alpha value is -0.540. The highest BCUT2D eigenvalue weighted by atomic mass is 32.2. The Morgan fingerprint density at radius 2 is 2.11 bits per heavy atom. The SMILES string of the molecule is CCCCCCC(CSc1cccc(F)c1)NC. The Balaban J connectivity index is 2.26. The number of benzene rings is 1. The predicted octanol–water partition coefficient (Wildman–Crippen LogP) is 4.48. The lowest BCUT2D eigenvalue weighted by Gasteiger charge is -2.15. The lowest BCUT2D eigenvalue weighted by molar-refractivity contribution is 0.523. The lowest BCUT2D eigenvalue weighted by Crippen LogP contribution is -2.27. The number of rotatable bonds is 9. The standard InChI is InChI=1S/C15H24FNS/c1-3-4-5-6-9-14(17-2)12-18-15-10-7-8-13(16)11-15/h7-8,10-11,14,17H,3-6,9,12H2,1-2H3. The van der Waals surface area contributed by atoms with Gasteiger partial charge in [-0.15, -0.1) is 11.8 Å². The topological polar surface area (TPSA) is 12.0 Å². The van der Waals surface area contributed by atoms with Gasteiger partial charge in [-0.1, -0.05) is 38.7 Å². The Morgan fingerprint density at radius 1 is 1.28 bits per heavy atom. The van der Waals surface area contributed by atoms with Crippen molar-refractivity contribution in [2.24, 2.45) is 0 Å². The first kappa shape index (κ1) is 15.5. The smallest absolute Gasteiger partial charge is 0.124 e. The second-order valence-corrected chi connectivity index (χ2v) is 5.70. The summed E-state index contributed by atoms with van der Waals surface area (Å²) >= 11 is 1.73. The maximum atomic E-state index is 13.0. The first-order chi connectivity index (χ1) is 8.76. The van der Waals surface area contributed by atoms with Crippen molar-refractivity contribution in [1.29, 1.82) is 0 Å². The van der Waals surface area contributed by atoms with Crippen molar-refractivity contribution in [2.45, 2.75) is 50.0 Å². The maximum Gasteiger partial charge on any atom is 0.124 e. The molecule has 0 bridgehead atoms. The molecule has 3 heteroatoms. The van der Waals surface area contributed by atoms with Crippen molar-refractivity contribution >= 4 is 11.8 Å². The van der Waals surface area contributed by atoms with Gasteiger partial charge in [0.2, 0.25) is 0 Å². The van der Waals surface area contributed by atoms with Gasteiger partial charge in [0.05, 0.1) is 0 Å². The molecule has 0 saturated heterocycles. The van der Waals surface area contributed by atoms with Crippen molar-refractivity contribution < 1.29 is 4.39 Å². The Kier molecular flexibility index (Phi) is 8.10. The molecule has 0 saturated carbocycles. The van der Waals surface area contributed by atoms with E-state index in [9.17, 15) is 4.39 Å². The highest BCUT2D eigenvalue weighted by Crippen LogP contribution is 2.21. The van der Waals surface area contributed by atoms with Crippen molar-refractivity contribution in [3.63, 3.8) is 0 Å². The summed E-state index contributed by atoms with van der Waals surface area (Å²) in [7, 11) is 2.01. The van der Waals surface area contributed by atoms with Gasteiger partial charge >= 0.3 is 0 Å². The molecule has 1 nitrogen and oxygen atoms in total. The molecule has 0 aliphatic carbocycles. The molecule has 0 spiro atoms. The first-order valence-electron chi connectivity index (χ1n) is 6.82. The fraction of sp³-hybridized carbons (Fsp3) is 0.600. The van der Waals surface area contributed by atoms with Crippen molar-refractivity contribution in [2.75, 3.05) is 12.8 Å². The number of nitrogens with one attached hydrogen (secondary N) is 1. The molecule has 1 aromatic rings. The Labute approximate surface area is 115 Å². The fourth-order valence-corrected chi connectivity index (χ4v) is 2.98. The average Bonchev–Trinajstić information content (AvgIpc) is 2.38. The molecule has 0 aromatic heterocycles. The number of thioether (sulfide) groups is 1. The zero-order chi connectivity index (χ0) is 13.2. The fourth-order valence-electron chi connectivity index (χ4n) is 1.88. The van der Waals surface area contributed by atoms with Gasteiger partial charge in [-0.2, -0.15) is 0 Å². The average molecular weight is 269 g/mol. The maximum absolute atomic E-state index is 13.0. The van der Waals surface area contributed by atoms with Crippen LogP contribution in [0.15, 0.2) is 29.2 Å². The highest BCUT2D eigenvalue weighted by Gasteiger charge is 2.06. The van der Waals surface area contributed by atoms with Crippen LogP contribution in [0.5, 0.6) is 0 Å². The highest BCUT2D eigenvalue weighted by molar-refractivity contribution is 7.99. The molecule has 1 aromatic carbocycles. The summed E-state index contributed by atoms with van der Waals surface area (Å²) in [6.45, 7) is 2.23. The van der Waals surface area contributed by atoms with Gasteiger partial charge < -0.3 is 5.32 Å². The molecule has 0 aliphatic rings. The number of hydrogen-bond acceptors (Lipinski definition) is 2. The van der Waals surface area contributed by atoms with Crippen LogP contribution < -0.4 is 5.32 Å². The molecule has 0 aliphatic heterocycles. The van der Waals surface area contributed by atoms with Gasteiger partial charge in [-0.05, 0) is 31.7 Å². The third kappa shape index (κ3) is 6.41. The van der Waals surface area contributed by atoms with Crippen LogP contribution in [0.25, 0.3) is 0 Å². The molecule has 0 radical (unpaired) electrons. The van der Waals surface area contributed by atoms with E-state index in [1.165, 1.54) is 38.2 Å². The molecule has 1 rings (SSSR count). The van der Waals surface area contributed by atoms with Crippen molar-refractivity contribution in [3.8, 4) is 0 Å². The molecule has 1 unspecified atom stereocenters. The van der Waals surface area contributed by atoms with Gasteiger partial charge in [-0.3, -0.25) is 0 Å². The predicted molar refractivity (Wildman–Crippen MR) is 78.7 cm³/mol. The molecule has 0 amide bonds. The lowest BCUT2D eigenvalue weighted by atomic mass is 10.1. The monoisotopic (exact) mass is 269 g/mol. The van der Waals surface area contributed by atoms with Crippen LogP contribution in [-0.2, 0) is 0 Å². The van der Waals surface area contributed by atoms with E-state index in [-0.39, 0.29) is 5.82 Å². The zero-order valence-electron chi connectivity index (χ0n) is 11.4. The minimum absolute atomic E-state index is 0.149. The summed E-state index contributed by atoms with van der Waals surface area (Å²) < 4.78 is 13.0. The van der Waals surface area contributed by atoms with Gasteiger partial charge in [0.25, 0.3) is 0 Å². The summed E-state index contributed by atoms with van der Waals surface area (Å²) in [5, 5.41) is 3.35. The summed E-state index contributed by atoms with van der Waals surface area (Å²) in [6, 6.07) is 7.36. The van der Waals surface area contributed by atoms with E-state index in [1.807, 2.05) is 13.1 Å². The molecular formula is C15H24FNS. The second kappa shape index (κ2) is 9.40. The van der Waals surface area contributed by atoms with Gasteiger partial charge in [0, 0.05) is 16.7 Å². The van der Waals surface area contributed by atoms with E-state index in [4.69, 9.17) is 0 Å². The third-order valence-corrected chi connectivity index (χ3v) is 4.22. The van der Waals surface area contributed by atoms with Crippen molar-refractivity contribution in [1.82, 2.24) is 5.32 Å². The Bertz CT molecular complexity index is 330. The Morgan fingerprint density at radius 3 is 2.78 bits per heavy atom. The van der Waals surface area contributed by atoms with Crippen LogP contribution in [0.4, 0.5) is 4.39 Å².